The lowest BCUT2D eigenvalue weighted by Crippen LogP contribution is -2.09. The third-order valence-electron chi connectivity index (χ3n) is 2.53. The monoisotopic (exact) mass is 254 g/mol. The number of halogens is 1. The molecule has 7 heteroatoms. The second kappa shape index (κ2) is 4.85. The Kier molecular flexibility index (Phi) is 3.44. The molecule has 2 aromatic heterocycles. The molecule has 0 aromatic carbocycles. The molecule has 0 fully saturated rings. The zero-order valence-corrected chi connectivity index (χ0v) is 10.6. The quantitative estimate of drug-likeness (QED) is 0.882. The molecule has 17 heavy (non-hydrogen) atoms. The molecule has 2 heterocycles. The van der Waals surface area contributed by atoms with Gasteiger partial charge in [0.15, 0.2) is 5.82 Å². The van der Waals surface area contributed by atoms with E-state index < -0.39 is 0 Å². The van der Waals surface area contributed by atoms with Gasteiger partial charge in [-0.3, -0.25) is 4.68 Å². The first-order valence-electron chi connectivity index (χ1n) is 5.45. The lowest BCUT2D eigenvalue weighted by atomic mass is 10.3. The van der Waals surface area contributed by atoms with Crippen molar-refractivity contribution in [2.24, 2.45) is 5.73 Å². The van der Waals surface area contributed by atoms with Crippen molar-refractivity contribution in [2.45, 2.75) is 33.5 Å². The first kappa shape index (κ1) is 12.1. The molecule has 0 atom stereocenters. The highest BCUT2D eigenvalue weighted by molar-refractivity contribution is 6.31. The molecular weight excluding hydrogens is 240 g/mol. The topological polar surface area (TPSA) is 74.5 Å². The van der Waals surface area contributed by atoms with Crippen LogP contribution in [0.25, 0.3) is 0 Å². The molecule has 0 unspecified atom stereocenters. The summed E-state index contributed by atoms with van der Waals surface area (Å²) in [6, 6.07) is 0. The van der Waals surface area contributed by atoms with Crippen molar-refractivity contribution in [3.05, 3.63) is 28.6 Å². The lowest BCUT2D eigenvalue weighted by molar-refractivity contribution is 0.572. The minimum atomic E-state index is 0.340. The highest BCUT2D eigenvalue weighted by Crippen LogP contribution is 2.20. The van der Waals surface area contributed by atoms with Gasteiger partial charge in [-0.1, -0.05) is 11.6 Å². The molecule has 2 rings (SSSR count). The standard InChI is InChI=1S/C10H15ClN6/c1-3-17-8(10(11)7(2)14-17)5-16-6-13-9(4-12)15-16/h6H,3-5,12H2,1-2H3. The lowest BCUT2D eigenvalue weighted by Gasteiger charge is -2.04. The number of aromatic nitrogens is 5. The molecule has 6 nitrogen and oxygen atoms in total. The second-order valence-corrected chi connectivity index (χ2v) is 4.10. The van der Waals surface area contributed by atoms with Gasteiger partial charge in [0.25, 0.3) is 0 Å². The van der Waals surface area contributed by atoms with E-state index in [1.165, 1.54) is 0 Å². The summed E-state index contributed by atoms with van der Waals surface area (Å²) in [5, 5.41) is 9.27. The van der Waals surface area contributed by atoms with Gasteiger partial charge in [0.1, 0.15) is 6.33 Å². The predicted molar refractivity (Wildman–Crippen MR) is 64.7 cm³/mol. The summed E-state index contributed by atoms with van der Waals surface area (Å²) in [5.74, 6) is 0.625. The van der Waals surface area contributed by atoms with Gasteiger partial charge in [-0.15, -0.1) is 0 Å². The maximum absolute atomic E-state index is 6.21. The third kappa shape index (κ3) is 2.32. The fourth-order valence-corrected chi connectivity index (χ4v) is 1.87. The largest absolute Gasteiger partial charge is 0.324 e. The van der Waals surface area contributed by atoms with Gasteiger partial charge in [-0.2, -0.15) is 10.2 Å². The van der Waals surface area contributed by atoms with Crippen LogP contribution in [0.2, 0.25) is 5.02 Å². The molecule has 2 aromatic rings. The minimum Gasteiger partial charge on any atom is -0.324 e. The van der Waals surface area contributed by atoms with Crippen LogP contribution in [0, 0.1) is 6.92 Å². The van der Waals surface area contributed by atoms with Crippen LogP contribution >= 0.6 is 11.6 Å². The van der Waals surface area contributed by atoms with E-state index >= 15 is 0 Å². The van der Waals surface area contributed by atoms with E-state index in [9.17, 15) is 0 Å². The van der Waals surface area contributed by atoms with Crippen molar-refractivity contribution < 1.29 is 0 Å². The van der Waals surface area contributed by atoms with Crippen LogP contribution in [0.3, 0.4) is 0 Å². The summed E-state index contributed by atoms with van der Waals surface area (Å²) in [6.45, 7) is 5.60. The van der Waals surface area contributed by atoms with Crippen molar-refractivity contribution in [3.63, 3.8) is 0 Å². The second-order valence-electron chi connectivity index (χ2n) is 3.72. The minimum absolute atomic E-state index is 0.340. The van der Waals surface area contributed by atoms with Crippen molar-refractivity contribution in [1.82, 2.24) is 24.5 Å². The first-order chi connectivity index (χ1) is 8.15. The van der Waals surface area contributed by atoms with Crippen molar-refractivity contribution >= 4 is 11.6 Å². The van der Waals surface area contributed by atoms with Gasteiger partial charge in [0, 0.05) is 6.54 Å². The molecule has 0 aliphatic rings. The molecule has 0 amide bonds. The zero-order chi connectivity index (χ0) is 12.4. The Morgan fingerprint density at radius 2 is 2.18 bits per heavy atom. The van der Waals surface area contributed by atoms with Gasteiger partial charge in [0.2, 0.25) is 0 Å². The van der Waals surface area contributed by atoms with Crippen LogP contribution in [0.5, 0.6) is 0 Å². The average molecular weight is 255 g/mol. The van der Waals surface area contributed by atoms with Crippen LogP contribution in [0.15, 0.2) is 6.33 Å². The molecule has 0 spiro atoms. The van der Waals surface area contributed by atoms with Crippen LogP contribution in [0.4, 0.5) is 0 Å². The van der Waals surface area contributed by atoms with Crippen molar-refractivity contribution in [2.75, 3.05) is 0 Å². The number of nitrogens with zero attached hydrogens (tertiary/aromatic N) is 5. The summed E-state index contributed by atoms with van der Waals surface area (Å²) < 4.78 is 3.60. The van der Waals surface area contributed by atoms with Crippen LogP contribution in [-0.2, 0) is 19.6 Å². The Morgan fingerprint density at radius 1 is 1.41 bits per heavy atom. The van der Waals surface area contributed by atoms with E-state index in [0.717, 1.165) is 17.9 Å². The van der Waals surface area contributed by atoms with E-state index in [-0.39, 0.29) is 0 Å². The Morgan fingerprint density at radius 3 is 2.76 bits per heavy atom. The van der Waals surface area contributed by atoms with Crippen LogP contribution < -0.4 is 5.73 Å². The fraction of sp³-hybridized carbons (Fsp3) is 0.500. The molecule has 0 bridgehead atoms. The molecule has 92 valence electrons. The summed E-state index contributed by atoms with van der Waals surface area (Å²) in [5.41, 5.74) is 7.25. The van der Waals surface area contributed by atoms with E-state index in [1.54, 1.807) is 11.0 Å². The molecule has 0 saturated heterocycles. The maximum atomic E-state index is 6.21. The summed E-state index contributed by atoms with van der Waals surface area (Å²) in [7, 11) is 0. The molecule has 0 aliphatic heterocycles. The number of hydrogen-bond acceptors (Lipinski definition) is 4. The van der Waals surface area contributed by atoms with E-state index in [1.807, 2.05) is 18.5 Å². The highest BCUT2D eigenvalue weighted by Gasteiger charge is 2.13. The fourth-order valence-electron chi connectivity index (χ4n) is 1.68. The Labute approximate surface area is 104 Å². The summed E-state index contributed by atoms with van der Waals surface area (Å²) in [4.78, 5) is 4.08. The smallest absolute Gasteiger partial charge is 0.164 e. The molecule has 0 radical (unpaired) electrons. The van der Waals surface area contributed by atoms with Gasteiger partial charge in [-0.05, 0) is 13.8 Å². The normalized spacial score (nSPS) is 11.1. The SMILES string of the molecule is CCn1nc(C)c(Cl)c1Cn1cnc(CN)n1. The molecule has 2 N–H and O–H groups in total. The summed E-state index contributed by atoms with van der Waals surface area (Å²) >= 11 is 6.21. The zero-order valence-electron chi connectivity index (χ0n) is 9.89. The Bertz CT molecular complexity index is 515. The van der Waals surface area contributed by atoms with Gasteiger partial charge in [0.05, 0.1) is 29.5 Å². The molecular formula is C10H15ClN6. The molecule has 0 aliphatic carbocycles. The highest BCUT2D eigenvalue weighted by atomic mass is 35.5. The van der Waals surface area contributed by atoms with Gasteiger partial charge >= 0.3 is 0 Å². The predicted octanol–water partition coefficient (Wildman–Crippen LogP) is 0.963. The van der Waals surface area contributed by atoms with Crippen LogP contribution in [0.1, 0.15) is 24.1 Å². The van der Waals surface area contributed by atoms with Crippen molar-refractivity contribution in [1.29, 1.82) is 0 Å². The van der Waals surface area contributed by atoms with Gasteiger partial charge < -0.3 is 5.73 Å². The third-order valence-corrected chi connectivity index (χ3v) is 3.02. The van der Waals surface area contributed by atoms with E-state index in [4.69, 9.17) is 17.3 Å². The van der Waals surface area contributed by atoms with Crippen molar-refractivity contribution in [3.8, 4) is 0 Å². The van der Waals surface area contributed by atoms with Crippen LogP contribution in [-0.4, -0.2) is 24.5 Å². The number of nitrogens with two attached hydrogens (primary N) is 1. The molecule has 0 saturated carbocycles. The Balaban J connectivity index is 2.28. The average Bonchev–Trinajstić information content (AvgIpc) is 2.89. The maximum Gasteiger partial charge on any atom is 0.164 e. The first-order valence-corrected chi connectivity index (χ1v) is 5.83. The van der Waals surface area contributed by atoms with Gasteiger partial charge in [-0.25, -0.2) is 9.67 Å². The Hall–Kier alpha value is -1.40. The summed E-state index contributed by atoms with van der Waals surface area (Å²) in [6.07, 6.45) is 1.65. The number of aryl methyl sites for hydroxylation is 2. The number of hydrogen-bond donors (Lipinski definition) is 1. The van der Waals surface area contributed by atoms with E-state index in [2.05, 4.69) is 15.2 Å². The van der Waals surface area contributed by atoms with E-state index in [0.29, 0.717) is 23.9 Å². The number of rotatable bonds is 4.